The summed E-state index contributed by atoms with van der Waals surface area (Å²) in [5.41, 5.74) is 1.66. The number of ether oxygens (including phenoxy) is 1. The summed E-state index contributed by atoms with van der Waals surface area (Å²) in [5, 5.41) is 0. The van der Waals surface area contributed by atoms with E-state index < -0.39 is 0 Å². The molecule has 3 nitrogen and oxygen atoms in total. The Hall–Kier alpha value is -1.36. The molecule has 1 heterocycles. The molecule has 1 aliphatic rings. The van der Waals surface area contributed by atoms with Gasteiger partial charge in [0.15, 0.2) is 16.3 Å². The summed E-state index contributed by atoms with van der Waals surface area (Å²) < 4.78 is 21.5. The first kappa shape index (κ1) is 13.6. The smallest absolute Gasteiger partial charge is 0.178 e. The molecule has 0 unspecified atom stereocenters. The number of H-pyrrole nitrogens is 1. The maximum Gasteiger partial charge on any atom is 0.178 e. The maximum atomic E-state index is 13.7. The molecule has 0 atom stereocenters. The number of nitrogens with zero attached hydrogens (tertiary/aromatic N) is 1. The van der Waals surface area contributed by atoms with Crippen LogP contribution < -0.4 is 4.74 Å². The summed E-state index contributed by atoms with van der Waals surface area (Å²) in [7, 11) is 1.48. The first-order chi connectivity index (χ1) is 9.69. The van der Waals surface area contributed by atoms with Gasteiger partial charge in [0.25, 0.3) is 0 Å². The van der Waals surface area contributed by atoms with Crippen LogP contribution in [0, 0.1) is 16.5 Å². The van der Waals surface area contributed by atoms with E-state index in [2.05, 4.69) is 9.55 Å². The third-order valence-electron chi connectivity index (χ3n) is 4.28. The topological polar surface area (TPSA) is 29.9 Å². The van der Waals surface area contributed by atoms with Crippen LogP contribution in [0.15, 0.2) is 12.1 Å². The zero-order valence-electron chi connectivity index (χ0n) is 11.6. The lowest BCUT2D eigenvalue weighted by molar-refractivity contribution is 0.387. The van der Waals surface area contributed by atoms with Gasteiger partial charge in [0.1, 0.15) is 0 Å². The standard InChI is InChI=1S/C15H19FN2OS/c1-19-14-9-13-12(8-11(14)16)17-15(20)18(13)7-6-10-4-2-3-5-10/h8-10H,2-7H2,1H3,(H,17,20). The zero-order valence-corrected chi connectivity index (χ0v) is 12.4. The molecule has 1 fully saturated rings. The highest BCUT2D eigenvalue weighted by Crippen LogP contribution is 2.29. The minimum atomic E-state index is -0.362. The summed E-state index contributed by atoms with van der Waals surface area (Å²) in [6.45, 7) is 0.887. The largest absolute Gasteiger partial charge is 0.494 e. The van der Waals surface area contributed by atoms with E-state index in [9.17, 15) is 4.39 Å². The number of aromatic amines is 1. The second kappa shape index (κ2) is 5.56. The molecule has 1 aromatic carbocycles. The number of fused-ring (bicyclic) bond motifs is 1. The van der Waals surface area contributed by atoms with Crippen LogP contribution in [-0.4, -0.2) is 16.7 Å². The van der Waals surface area contributed by atoms with E-state index in [1.807, 2.05) is 0 Å². The number of benzene rings is 1. The molecule has 0 radical (unpaired) electrons. The number of imidazole rings is 1. The highest BCUT2D eigenvalue weighted by atomic mass is 32.1. The average molecular weight is 294 g/mol. The normalized spacial score (nSPS) is 16.1. The predicted molar refractivity (Wildman–Crippen MR) is 80.2 cm³/mol. The molecule has 1 aliphatic carbocycles. The molecular weight excluding hydrogens is 275 g/mol. The van der Waals surface area contributed by atoms with E-state index >= 15 is 0 Å². The molecule has 0 saturated heterocycles. The number of methoxy groups -OCH3 is 1. The number of hydrogen-bond acceptors (Lipinski definition) is 2. The average Bonchev–Trinajstić information content (AvgIpc) is 3.03. The van der Waals surface area contributed by atoms with E-state index in [4.69, 9.17) is 17.0 Å². The van der Waals surface area contributed by atoms with Crippen molar-refractivity contribution in [3.05, 3.63) is 22.7 Å². The Kier molecular flexibility index (Phi) is 3.78. The van der Waals surface area contributed by atoms with Gasteiger partial charge >= 0.3 is 0 Å². The van der Waals surface area contributed by atoms with Gasteiger partial charge in [-0.2, -0.15) is 0 Å². The van der Waals surface area contributed by atoms with Crippen LogP contribution >= 0.6 is 12.2 Å². The number of aromatic nitrogens is 2. The maximum absolute atomic E-state index is 13.7. The van der Waals surface area contributed by atoms with Crippen LogP contribution in [0.3, 0.4) is 0 Å². The monoisotopic (exact) mass is 294 g/mol. The van der Waals surface area contributed by atoms with Crippen LogP contribution in [0.4, 0.5) is 4.39 Å². The minimum absolute atomic E-state index is 0.265. The fourth-order valence-electron chi connectivity index (χ4n) is 3.15. The van der Waals surface area contributed by atoms with Crippen LogP contribution in [-0.2, 0) is 6.54 Å². The van der Waals surface area contributed by atoms with Gasteiger partial charge in [-0.05, 0) is 24.6 Å². The molecule has 2 aromatic rings. The second-order valence-corrected chi connectivity index (χ2v) is 5.91. The fourth-order valence-corrected chi connectivity index (χ4v) is 3.45. The molecule has 20 heavy (non-hydrogen) atoms. The van der Waals surface area contributed by atoms with E-state index in [-0.39, 0.29) is 11.6 Å². The minimum Gasteiger partial charge on any atom is -0.494 e. The van der Waals surface area contributed by atoms with Gasteiger partial charge in [-0.1, -0.05) is 25.7 Å². The summed E-state index contributed by atoms with van der Waals surface area (Å²) in [5.74, 6) is 0.713. The van der Waals surface area contributed by atoms with Crippen molar-refractivity contribution in [2.24, 2.45) is 5.92 Å². The quantitative estimate of drug-likeness (QED) is 0.846. The summed E-state index contributed by atoms with van der Waals surface area (Å²) in [4.78, 5) is 3.08. The van der Waals surface area contributed by atoms with Crippen LogP contribution in [0.2, 0.25) is 0 Å². The van der Waals surface area contributed by atoms with Gasteiger partial charge in [0.05, 0.1) is 18.1 Å². The Morgan fingerprint density at radius 1 is 1.40 bits per heavy atom. The third-order valence-corrected chi connectivity index (χ3v) is 4.61. The lowest BCUT2D eigenvalue weighted by Gasteiger charge is -2.10. The first-order valence-corrected chi connectivity index (χ1v) is 7.56. The number of rotatable bonds is 4. The summed E-state index contributed by atoms with van der Waals surface area (Å²) in [6.07, 6.45) is 6.49. The van der Waals surface area contributed by atoms with Gasteiger partial charge in [-0.15, -0.1) is 0 Å². The van der Waals surface area contributed by atoms with Crippen LogP contribution in [0.25, 0.3) is 11.0 Å². The second-order valence-electron chi connectivity index (χ2n) is 5.52. The zero-order chi connectivity index (χ0) is 14.1. The summed E-state index contributed by atoms with van der Waals surface area (Å²) >= 11 is 5.36. The lowest BCUT2D eigenvalue weighted by Crippen LogP contribution is -2.03. The molecule has 108 valence electrons. The Balaban J connectivity index is 1.92. The van der Waals surface area contributed by atoms with E-state index in [0.717, 1.165) is 29.9 Å². The van der Waals surface area contributed by atoms with Crippen LogP contribution in [0.5, 0.6) is 5.75 Å². The van der Waals surface area contributed by atoms with Gasteiger partial charge in [-0.25, -0.2) is 4.39 Å². The Morgan fingerprint density at radius 2 is 2.15 bits per heavy atom. The lowest BCUT2D eigenvalue weighted by atomic mass is 10.0. The van der Waals surface area contributed by atoms with E-state index in [0.29, 0.717) is 4.77 Å². The fraction of sp³-hybridized carbons (Fsp3) is 0.533. The number of hydrogen-bond donors (Lipinski definition) is 1. The molecule has 0 spiro atoms. The van der Waals surface area contributed by atoms with Gasteiger partial charge in [-0.3, -0.25) is 0 Å². The molecule has 0 bridgehead atoms. The van der Waals surface area contributed by atoms with E-state index in [1.54, 1.807) is 6.07 Å². The van der Waals surface area contributed by atoms with Crippen molar-refractivity contribution < 1.29 is 9.13 Å². The van der Waals surface area contributed by atoms with E-state index in [1.165, 1.54) is 38.9 Å². The van der Waals surface area contributed by atoms with Gasteiger partial charge < -0.3 is 14.3 Å². The Morgan fingerprint density at radius 3 is 2.85 bits per heavy atom. The molecule has 5 heteroatoms. The third kappa shape index (κ3) is 2.46. The Labute approximate surface area is 122 Å². The molecule has 1 saturated carbocycles. The number of aryl methyl sites for hydroxylation is 1. The van der Waals surface area contributed by atoms with Gasteiger partial charge in [0, 0.05) is 18.7 Å². The molecule has 0 amide bonds. The van der Waals surface area contributed by atoms with Crippen molar-refractivity contribution in [1.29, 1.82) is 0 Å². The van der Waals surface area contributed by atoms with Crippen molar-refractivity contribution in [3.8, 4) is 5.75 Å². The van der Waals surface area contributed by atoms with Crippen molar-refractivity contribution in [3.63, 3.8) is 0 Å². The number of halogens is 1. The SMILES string of the molecule is COc1cc2c(cc1F)[nH]c(=S)n2CCC1CCCC1. The molecule has 0 aliphatic heterocycles. The molecular formula is C15H19FN2OS. The highest BCUT2D eigenvalue weighted by molar-refractivity contribution is 7.71. The first-order valence-electron chi connectivity index (χ1n) is 7.15. The molecule has 3 rings (SSSR count). The van der Waals surface area contributed by atoms with Crippen LogP contribution in [0.1, 0.15) is 32.1 Å². The predicted octanol–water partition coefficient (Wildman–Crippen LogP) is 4.43. The van der Waals surface area contributed by atoms with Crippen molar-refractivity contribution in [2.45, 2.75) is 38.6 Å². The summed E-state index contributed by atoms with van der Waals surface area (Å²) in [6, 6.07) is 3.18. The number of nitrogens with one attached hydrogen (secondary N) is 1. The van der Waals surface area contributed by atoms with Crippen molar-refractivity contribution in [1.82, 2.24) is 9.55 Å². The van der Waals surface area contributed by atoms with Gasteiger partial charge in [0.2, 0.25) is 0 Å². The molecule has 1 aromatic heterocycles. The van der Waals surface area contributed by atoms with Crippen molar-refractivity contribution >= 4 is 23.3 Å². The molecule has 1 N–H and O–H groups in total. The van der Waals surface area contributed by atoms with Crippen molar-refractivity contribution in [2.75, 3.05) is 7.11 Å². The Bertz CT molecular complexity index is 670. The highest BCUT2D eigenvalue weighted by Gasteiger charge is 2.16.